The minimum atomic E-state index is 0.0134. The van der Waals surface area contributed by atoms with Crippen LogP contribution in [0.3, 0.4) is 0 Å². The van der Waals surface area contributed by atoms with E-state index in [1.165, 1.54) is 18.4 Å². The number of hydrogen-bond donors (Lipinski definition) is 1. The van der Waals surface area contributed by atoms with E-state index in [4.69, 9.17) is 10.2 Å². The first kappa shape index (κ1) is 16.5. The normalized spacial score (nSPS) is 13.7. The molecule has 0 aliphatic carbocycles. The number of aryl methyl sites for hydroxylation is 1. The lowest BCUT2D eigenvalue weighted by atomic mass is 9.88. The highest BCUT2D eigenvalue weighted by Gasteiger charge is 2.20. The number of furan rings is 1. The van der Waals surface area contributed by atoms with Gasteiger partial charge in [0.05, 0.1) is 12.5 Å². The number of unbranched alkanes of at least 4 members (excludes halogenated alkanes) is 2. The number of hydrogen-bond acceptors (Lipinski definition) is 3. The molecule has 0 radical (unpaired) electrons. The van der Waals surface area contributed by atoms with E-state index < -0.39 is 0 Å². The first-order chi connectivity index (χ1) is 10.8. The fourth-order valence-electron chi connectivity index (χ4n) is 2.88. The lowest BCUT2D eigenvalue weighted by molar-refractivity contribution is -0.108. The molecule has 0 saturated heterocycles. The smallest absolute Gasteiger partial charge is 0.120 e. The Morgan fingerprint density at radius 2 is 1.91 bits per heavy atom. The predicted octanol–water partition coefficient (Wildman–Crippen LogP) is 4.08. The molecule has 0 bridgehead atoms. The van der Waals surface area contributed by atoms with Crippen molar-refractivity contribution in [3.8, 4) is 0 Å². The SMILES string of the molecule is NC(CCCCCc1ccccc1)C(CC=O)c1ccoc1. The van der Waals surface area contributed by atoms with Gasteiger partial charge in [-0.1, -0.05) is 43.2 Å². The Morgan fingerprint density at radius 3 is 2.59 bits per heavy atom. The molecule has 2 unspecified atom stereocenters. The maximum absolute atomic E-state index is 10.9. The van der Waals surface area contributed by atoms with Crippen molar-refractivity contribution in [2.24, 2.45) is 5.73 Å². The van der Waals surface area contributed by atoms with E-state index >= 15 is 0 Å². The molecule has 1 aromatic heterocycles. The molecular weight excluding hydrogens is 274 g/mol. The predicted molar refractivity (Wildman–Crippen MR) is 88.7 cm³/mol. The van der Waals surface area contributed by atoms with Crippen LogP contribution in [0, 0.1) is 0 Å². The van der Waals surface area contributed by atoms with Gasteiger partial charge in [-0.05, 0) is 36.5 Å². The van der Waals surface area contributed by atoms with Crippen LogP contribution in [0.25, 0.3) is 0 Å². The van der Waals surface area contributed by atoms with E-state index in [1.54, 1.807) is 12.5 Å². The summed E-state index contributed by atoms with van der Waals surface area (Å²) >= 11 is 0. The molecular formula is C19H25NO2. The van der Waals surface area contributed by atoms with E-state index in [2.05, 4.69) is 24.3 Å². The van der Waals surface area contributed by atoms with Crippen molar-refractivity contribution in [1.29, 1.82) is 0 Å². The van der Waals surface area contributed by atoms with Crippen molar-refractivity contribution in [1.82, 2.24) is 0 Å². The average Bonchev–Trinajstić information content (AvgIpc) is 3.07. The van der Waals surface area contributed by atoms with Gasteiger partial charge in [-0.3, -0.25) is 0 Å². The lowest BCUT2D eigenvalue weighted by Crippen LogP contribution is -2.28. The molecule has 2 rings (SSSR count). The molecule has 3 nitrogen and oxygen atoms in total. The highest BCUT2D eigenvalue weighted by Crippen LogP contribution is 2.25. The van der Waals surface area contributed by atoms with Gasteiger partial charge in [-0.2, -0.15) is 0 Å². The number of carbonyl (C=O) groups is 1. The summed E-state index contributed by atoms with van der Waals surface area (Å²) in [4.78, 5) is 10.9. The van der Waals surface area contributed by atoms with Crippen LogP contribution in [-0.2, 0) is 11.2 Å². The Morgan fingerprint density at radius 1 is 1.09 bits per heavy atom. The molecule has 0 aliphatic rings. The Bertz CT molecular complexity index is 522. The van der Waals surface area contributed by atoms with Crippen LogP contribution in [0.15, 0.2) is 53.3 Å². The summed E-state index contributed by atoms with van der Waals surface area (Å²) in [5, 5.41) is 0. The molecule has 0 spiro atoms. The van der Waals surface area contributed by atoms with Crippen LogP contribution in [0.4, 0.5) is 0 Å². The van der Waals surface area contributed by atoms with Gasteiger partial charge in [-0.25, -0.2) is 0 Å². The van der Waals surface area contributed by atoms with Gasteiger partial charge in [0.1, 0.15) is 6.29 Å². The van der Waals surface area contributed by atoms with E-state index in [9.17, 15) is 4.79 Å². The standard InChI is InChI=1S/C19H25NO2/c20-19(18(11-13-21)17-12-14-22-15-17)10-6-2-5-9-16-7-3-1-4-8-16/h1,3-4,7-8,12-15,18-19H,2,5-6,9-11,20H2. The maximum atomic E-state index is 10.9. The summed E-state index contributed by atoms with van der Waals surface area (Å²) in [6.07, 6.45) is 10.3. The van der Waals surface area contributed by atoms with Crippen molar-refractivity contribution in [2.45, 2.75) is 50.5 Å². The van der Waals surface area contributed by atoms with Crippen LogP contribution in [0.5, 0.6) is 0 Å². The molecule has 2 aromatic rings. The molecule has 0 amide bonds. The second-order valence-corrected chi connectivity index (χ2v) is 5.81. The molecule has 22 heavy (non-hydrogen) atoms. The first-order valence-electron chi connectivity index (χ1n) is 8.06. The summed E-state index contributed by atoms with van der Waals surface area (Å²) in [5.74, 6) is 0.0744. The van der Waals surface area contributed by atoms with Crippen molar-refractivity contribution in [2.75, 3.05) is 0 Å². The Kier molecular flexibility index (Phi) is 6.91. The molecule has 2 N–H and O–H groups in total. The molecule has 1 heterocycles. The van der Waals surface area contributed by atoms with Crippen molar-refractivity contribution in [3.05, 3.63) is 60.1 Å². The van der Waals surface area contributed by atoms with Gasteiger partial charge >= 0.3 is 0 Å². The largest absolute Gasteiger partial charge is 0.472 e. The molecule has 3 heteroatoms. The number of nitrogens with two attached hydrogens (primary N) is 1. The van der Waals surface area contributed by atoms with Crippen molar-refractivity contribution < 1.29 is 9.21 Å². The minimum absolute atomic E-state index is 0.0134. The van der Waals surface area contributed by atoms with Gasteiger partial charge in [0.15, 0.2) is 0 Å². The van der Waals surface area contributed by atoms with Gasteiger partial charge < -0.3 is 14.9 Å². The number of aldehydes is 1. The van der Waals surface area contributed by atoms with E-state index in [0.717, 1.165) is 31.1 Å². The van der Waals surface area contributed by atoms with Crippen molar-refractivity contribution >= 4 is 6.29 Å². The average molecular weight is 299 g/mol. The number of carbonyl (C=O) groups excluding carboxylic acids is 1. The zero-order valence-electron chi connectivity index (χ0n) is 13.0. The Labute approximate surface area is 132 Å². The lowest BCUT2D eigenvalue weighted by Gasteiger charge is -2.20. The second kappa shape index (κ2) is 9.21. The van der Waals surface area contributed by atoms with Gasteiger partial charge in [0.2, 0.25) is 0 Å². The summed E-state index contributed by atoms with van der Waals surface area (Å²) in [6.45, 7) is 0. The number of rotatable bonds is 10. The van der Waals surface area contributed by atoms with Crippen LogP contribution >= 0.6 is 0 Å². The zero-order chi connectivity index (χ0) is 15.6. The summed E-state index contributed by atoms with van der Waals surface area (Å²) < 4.78 is 5.11. The maximum Gasteiger partial charge on any atom is 0.120 e. The fraction of sp³-hybridized carbons (Fsp3) is 0.421. The van der Waals surface area contributed by atoms with Crippen LogP contribution < -0.4 is 5.73 Å². The van der Waals surface area contributed by atoms with Crippen LogP contribution in [-0.4, -0.2) is 12.3 Å². The molecule has 2 atom stereocenters. The van der Waals surface area contributed by atoms with E-state index in [-0.39, 0.29) is 12.0 Å². The Balaban J connectivity index is 1.70. The third-order valence-corrected chi connectivity index (χ3v) is 4.18. The van der Waals surface area contributed by atoms with Crippen LogP contribution in [0.2, 0.25) is 0 Å². The zero-order valence-corrected chi connectivity index (χ0v) is 13.0. The summed E-state index contributed by atoms with van der Waals surface area (Å²) in [5.41, 5.74) is 8.71. The van der Waals surface area contributed by atoms with Crippen LogP contribution in [0.1, 0.15) is 49.1 Å². The van der Waals surface area contributed by atoms with Gasteiger partial charge in [-0.15, -0.1) is 0 Å². The third-order valence-electron chi connectivity index (χ3n) is 4.18. The van der Waals surface area contributed by atoms with E-state index in [1.807, 2.05) is 12.1 Å². The van der Waals surface area contributed by atoms with Crippen molar-refractivity contribution in [3.63, 3.8) is 0 Å². The summed E-state index contributed by atoms with van der Waals surface area (Å²) in [7, 11) is 0. The first-order valence-corrected chi connectivity index (χ1v) is 8.06. The topological polar surface area (TPSA) is 56.2 Å². The highest BCUT2D eigenvalue weighted by atomic mass is 16.3. The molecule has 0 saturated carbocycles. The quantitative estimate of drug-likeness (QED) is 0.531. The molecule has 0 aliphatic heterocycles. The second-order valence-electron chi connectivity index (χ2n) is 5.81. The Hall–Kier alpha value is -1.87. The van der Waals surface area contributed by atoms with E-state index in [0.29, 0.717) is 6.42 Å². The molecule has 0 fully saturated rings. The summed E-state index contributed by atoms with van der Waals surface area (Å²) in [6, 6.07) is 12.5. The highest BCUT2D eigenvalue weighted by molar-refractivity contribution is 5.51. The minimum Gasteiger partial charge on any atom is -0.472 e. The third kappa shape index (κ3) is 5.15. The molecule has 1 aromatic carbocycles. The fourth-order valence-corrected chi connectivity index (χ4v) is 2.88. The monoisotopic (exact) mass is 299 g/mol. The molecule has 118 valence electrons. The van der Waals surface area contributed by atoms with Gasteiger partial charge in [0.25, 0.3) is 0 Å². The number of benzene rings is 1. The van der Waals surface area contributed by atoms with Gasteiger partial charge in [0, 0.05) is 18.4 Å².